The Morgan fingerprint density at radius 3 is 0.889 bits per heavy atom. The smallest absolute Gasteiger partial charge is 0.822 e. The summed E-state index contributed by atoms with van der Waals surface area (Å²) in [5.41, 5.74) is 0. The van der Waals surface area contributed by atoms with Gasteiger partial charge in [-0.3, -0.25) is 0 Å². The number of rotatable bonds is 0. The van der Waals surface area contributed by atoms with Crippen LogP contribution in [-0.4, -0.2) is 0 Å². The fourth-order valence-corrected chi connectivity index (χ4v) is 0. The zero-order valence-electron chi connectivity index (χ0n) is 5.79. The molecule has 1 atom stereocenters. The molecule has 4 nitrogen and oxygen atoms in total. The van der Waals surface area contributed by atoms with E-state index in [2.05, 4.69) is 0 Å². The van der Waals surface area contributed by atoms with Gasteiger partial charge in [-0.1, -0.05) is 0 Å². The van der Waals surface area contributed by atoms with Crippen LogP contribution in [0.15, 0.2) is 0 Å². The van der Waals surface area contributed by atoms with E-state index >= 15 is 0 Å². The molecule has 9 heteroatoms. The van der Waals surface area contributed by atoms with Crippen molar-refractivity contribution >= 4 is 17.7 Å². The Morgan fingerprint density at radius 2 is 0.889 bits per heavy atom. The zero-order valence-corrected chi connectivity index (χ0v) is 14.1. The van der Waals surface area contributed by atoms with Gasteiger partial charge in [-0.05, 0) is 0 Å². The normalized spacial score (nSPS) is 6.56. The molecule has 0 saturated carbocycles. The van der Waals surface area contributed by atoms with Crippen molar-refractivity contribution in [3.05, 3.63) is 0 Å². The summed E-state index contributed by atoms with van der Waals surface area (Å²) in [5.74, 6) is 0. The summed E-state index contributed by atoms with van der Waals surface area (Å²) >= 11 is 0. The van der Waals surface area contributed by atoms with Crippen molar-refractivity contribution < 1.29 is 108 Å². The molecule has 40 valence electrons. The maximum absolute atomic E-state index is 8.55. The second-order valence-electron chi connectivity index (χ2n) is 0.447. The molecule has 9 heavy (non-hydrogen) atoms. The molecule has 0 aromatic heterocycles. The van der Waals surface area contributed by atoms with Gasteiger partial charge in [-0.2, -0.15) is 17.7 Å². The molecule has 0 heterocycles. The Balaban J connectivity index is -0.0000000133. The molecular weight excluding hydrogens is 195 g/mol. The van der Waals surface area contributed by atoms with Crippen LogP contribution in [0.2, 0.25) is 0 Å². The summed E-state index contributed by atoms with van der Waals surface area (Å²) in [6.45, 7) is 0. The van der Waals surface area contributed by atoms with Crippen molar-refractivity contribution in [2.24, 2.45) is 0 Å². The monoisotopic (exact) mass is 198 g/mol. The molecule has 0 fully saturated rings. The summed E-state index contributed by atoms with van der Waals surface area (Å²) in [6.07, 6.45) is 0. The van der Waals surface area contributed by atoms with Gasteiger partial charge in [0.15, 0.2) is 0 Å². The van der Waals surface area contributed by atoms with Crippen molar-refractivity contribution in [3.8, 4) is 0 Å². The van der Waals surface area contributed by atoms with Crippen molar-refractivity contribution in [3.63, 3.8) is 0 Å². The van der Waals surface area contributed by atoms with Gasteiger partial charge in [0.1, 0.15) is 0 Å². The van der Waals surface area contributed by atoms with Crippen LogP contribution in [0.3, 0.4) is 0 Å². The Morgan fingerprint density at radius 1 is 0.889 bits per heavy atom. The second-order valence-corrected chi connectivity index (χ2v) is 1.34. The molecule has 0 aromatic rings. The minimum absolute atomic E-state index is 0. The fraction of sp³-hybridized carbons (Fsp3) is 0. The minimum Gasteiger partial charge on any atom is -0.822 e. The molecule has 0 aliphatic carbocycles. The fourth-order valence-electron chi connectivity index (χ4n) is 0. The van der Waals surface area contributed by atoms with Crippen LogP contribution in [0, 0.1) is 0 Å². The molecule has 0 N–H and O–H groups in total. The summed E-state index contributed by atoms with van der Waals surface area (Å²) in [7, 11) is -5.39. The van der Waals surface area contributed by atoms with Gasteiger partial charge < -0.3 is 19.2 Å². The molecule has 0 aromatic carbocycles. The molecule has 0 rings (SSSR count). The SMILES string of the molecule is O=P([O-])([O-])[O-].P.[Na+].[Na+].[Na+]. The van der Waals surface area contributed by atoms with E-state index in [-0.39, 0.29) is 98.6 Å². The third-order valence-corrected chi connectivity index (χ3v) is 0. The minimum atomic E-state index is -5.39. The summed E-state index contributed by atoms with van der Waals surface area (Å²) < 4.78 is 8.55. The van der Waals surface area contributed by atoms with Gasteiger partial charge in [0.2, 0.25) is 0 Å². The van der Waals surface area contributed by atoms with Crippen molar-refractivity contribution in [1.82, 2.24) is 0 Å². The van der Waals surface area contributed by atoms with Crippen LogP contribution < -0.4 is 103 Å². The topological polar surface area (TPSA) is 86.2 Å². The first-order chi connectivity index (χ1) is 2.00. The van der Waals surface area contributed by atoms with Crippen LogP contribution in [0.5, 0.6) is 0 Å². The maximum atomic E-state index is 8.55. The first kappa shape index (κ1) is 29.4. The first-order valence-electron chi connectivity index (χ1n) is 0.730. The van der Waals surface area contributed by atoms with Gasteiger partial charge in [-0.15, -0.1) is 0 Å². The van der Waals surface area contributed by atoms with E-state index in [0.29, 0.717) is 0 Å². The molecule has 0 amide bonds. The van der Waals surface area contributed by atoms with Crippen LogP contribution in [0.25, 0.3) is 0 Å². The number of phosphoric acid groups is 1. The van der Waals surface area contributed by atoms with Crippen molar-refractivity contribution in [2.75, 3.05) is 0 Å². The molecule has 0 bridgehead atoms. The van der Waals surface area contributed by atoms with E-state index in [9.17, 15) is 0 Å². The molecule has 0 saturated heterocycles. The predicted octanol–water partition coefficient (Wildman–Crippen LogP) is -11.8. The Kier molecular flexibility index (Phi) is 46.0. The average Bonchev–Trinajstić information content (AvgIpc) is 0.722. The van der Waals surface area contributed by atoms with Crippen LogP contribution in [0.4, 0.5) is 0 Å². The summed E-state index contributed by atoms with van der Waals surface area (Å²) in [5, 5.41) is 0. The number of hydrogen-bond acceptors (Lipinski definition) is 4. The standard InChI is InChI=1S/3Na.H3O4P.H3P/c;;;1-5(2,3)4;/h;;;(H3,1,2,3,4);1H3/q3*+1;;/p-3. The van der Waals surface area contributed by atoms with Gasteiger partial charge in [0, 0.05) is 0 Å². The van der Waals surface area contributed by atoms with Crippen molar-refractivity contribution in [1.29, 1.82) is 0 Å². The molecular formula is H3Na3O4P2. The molecule has 0 aliphatic rings. The molecule has 0 spiro atoms. The van der Waals surface area contributed by atoms with Gasteiger partial charge in [0.05, 0.1) is 0 Å². The predicted molar refractivity (Wildman–Crippen MR) is 18.7 cm³/mol. The van der Waals surface area contributed by atoms with E-state index < -0.39 is 7.82 Å². The van der Waals surface area contributed by atoms with Crippen LogP contribution in [-0.2, 0) is 4.57 Å². The van der Waals surface area contributed by atoms with E-state index in [4.69, 9.17) is 19.2 Å². The Hall–Kier alpha value is 3.54. The summed E-state index contributed by atoms with van der Waals surface area (Å²) in [4.78, 5) is 25.6. The maximum Gasteiger partial charge on any atom is 1.00 e. The first-order valence-corrected chi connectivity index (χ1v) is 2.19. The van der Waals surface area contributed by atoms with Crippen LogP contribution in [0.1, 0.15) is 0 Å². The average molecular weight is 198 g/mol. The quantitative estimate of drug-likeness (QED) is 0.285. The molecule has 0 radical (unpaired) electrons. The second kappa shape index (κ2) is 14.1. The van der Waals surface area contributed by atoms with Crippen molar-refractivity contribution in [2.45, 2.75) is 0 Å². The van der Waals surface area contributed by atoms with E-state index in [1.54, 1.807) is 0 Å². The zero-order chi connectivity index (χ0) is 4.50. The van der Waals surface area contributed by atoms with E-state index in [0.717, 1.165) is 0 Å². The third-order valence-electron chi connectivity index (χ3n) is 0. The van der Waals surface area contributed by atoms with E-state index in [1.807, 2.05) is 0 Å². The van der Waals surface area contributed by atoms with E-state index in [1.165, 1.54) is 0 Å². The van der Waals surface area contributed by atoms with Gasteiger partial charge in [0.25, 0.3) is 0 Å². The Bertz CT molecular complexity index is 59.9. The third kappa shape index (κ3) is 83.8. The largest absolute Gasteiger partial charge is 1.00 e. The molecule has 1 unspecified atom stereocenters. The molecule has 0 aliphatic heterocycles. The van der Waals surface area contributed by atoms with Gasteiger partial charge >= 0.3 is 88.7 Å². The Labute approximate surface area is 123 Å². The van der Waals surface area contributed by atoms with Gasteiger partial charge in [-0.25, -0.2) is 0 Å². The van der Waals surface area contributed by atoms with Crippen LogP contribution >= 0.6 is 17.7 Å². The summed E-state index contributed by atoms with van der Waals surface area (Å²) in [6, 6.07) is 0. The number of hydrogen-bond donors (Lipinski definition) is 0.